The Morgan fingerprint density at radius 1 is 1.25 bits per heavy atom. The minimum Gasteiger partial charge on any atom is -0.444 e. The highest BCUT2D eigenvalue weighted by Gasteiger charge is 2.44. The van der Waals surface area contributed by atoms with Crippen molar-refractivity contribution in [1.29, 1.82) is 5.26 Å². The lowest BCUT2D eigenvalue weighted by atomic mass is 9.76. The fourth-order valence-corrected chi connectivity index (χ4v) is 4.35. The van der Waals surface area contributed by atoms with Crippen LogP contribution in [0.2, 0.25) is 0 Å². The number of ether oxygens (including phenoxy) is 1. The topological polar surface area (TPSA) is 70.4 Å². The number of benzene rings is 1. The fraction of sp³-hybridized carbons (Fsp3) is 0.591. The third kappa shape index (κ3) is 4.52. The van der Waals surface area contributed by atoms with Gasteiger partial charge in [-0.15, -0.1) is 0 Å². The van der Waals surface area contributed by atoms with E-state index in [1.807, 2.05) is 31.7 Å². The van der Waals surface area contributed by atoms with Crippen LogP contribution in [-0.4, -0.2) is 34.5 Å². The largest absolute Gasteiger partial charge is 0.444 e. The zero-order valence-electron chi connectivity index (χ0n) is 16.7. The Hall–Kier alpha value is -2.42. The summed E-state index contributed by atoms with van der Waals surface area (Å²) in [4.78, 5) is 27.3. The number of nitrogens with zero attached hydrogens (tertiary/aromatic N) is 2. The van der Waals surface area contributed by atoms with Crippen molar-refractivity contribution in [2.45, 2.75) is 77.0 Å². The first-order valence-electron chi connectivity index (χ1n) is 9.90. The van der Waals surface area contributed by atoms with E-state index in [2.05, 4.69) is 0 Å². The first-order valence-corrected chi connectivity index (χ1v) is 9.90. The average Bonchev–Trinajstić information content (AvgIpc) is 2.60. The number of piperidine rings is 2. The van der Waals surface area contributed by atoms with Gasteiger partial charge in [-0.3, -0.25) is 4.79 Å². The van der Waals surface area contributed by atoms with Crippen LogP contribution in [0.4, 0.5) is 9.18 Å². The molecule has 5 nitrogen and oxygen atoms in total. The van der Waals surface area contributed by atoms with Crippen LogP contribution in [0.25, 0.3) is 0 Å². The standard InChI is InChI=1S/C22H27FN2O3/c1-22(2,3)28-21(27)25-17-5-4-6-18(25)11-16(10-17)20(26)12-15-8-7-14(13-24)9-19(15)23/h7-9,16-18H,4-6,10-12H2,1-3H3. The lowest BCUT2D eigenvalue weighted by Crippen LogP contribution is -2.56. The van der Waals surface area contributed by atoms with Crippen molar-refractivity contribution in [2.75, 3.05) is 0 Å². The molecule has 2 aliphatic rings. The number of amides is 1. The van der Waals surface area contributed by atoms with E-state index < -0.39 is 11.4 Å². The summed E-state index contributed by atoms with van der Waals surface area (Å²) in [5.41, 5.74) is 0.0168. The quantitative estimate of drug-likeness (QED) is 0.773. The van der Waals surface area contributed by atoms with Gasteiger partial charge < -0.3 is 9.64 Å². The van der Waals surface area contributed by atoms with E-state index in [0.29, 0.717) is 18.4 Å². The predicted octanol–water partition coefficient (Wildman–Crippen LogP) is 4.38. The molecule has 3 rings (SSSR count). The number of hydrogen-bond donors (Lipinski definition) is 0. The van der Waals surface area contributed by atoms with Gasteiger partial charge in [0, 0.05) is 24.4 Å². The molecule has 0 aromatic heterocycles. The number of carbonyl (C=O) groups is 2. The van der Waals surface area contributed by atoms with Crippen molar-refractivity contribution in [3.05, 3.63) is 35.1 Å². The zero-order valence-corrected chi connectivity index (χ0v) is 16.7. The van der Waals surface area contributed by atoms with Gasteiger partial charge in [-0.2, -0.15) is 5.26 Å². The molecule has 2 bridgehead atoms. The number of fused-ring (bicyclic) bond motifs is 2. The predicted molar refractivity (Wildman–Crippen MR) is 102 cm³/mol. The number of ketones is 1. The second kappa shape index (κ2) is 7.90. The maximum absolute atomic E-state index is 14.1. The Morgan fingerprint density at radius 2 is 1.89 bits per heavy atom. The minimum absolute atomic E-state index is 0.00196. The number of carbonyl (C=O) groups excluding carboxylic acids is 2. The molecule has 2 saturated heterocycles. The first-order chi connectivity index (χ1) is 13.2. The van der Waals surface area contributed by atoms with Gasteiger partial charge in [0.15, 0.2) is 0 Å². The van der Waals surface area contributed by atoms with Gasteiger partial charge in [0.05, 0.1) is 11.6 Å². The van der Waals surface area contributed by atoms with Gasteiger partial charge in [-0.05, 0) is 70.6 Å². The second-order valence-electron chi connectivity index (χ2n) is 8.86. The summed E-state index contributed by atoms with van der Waals surface area (Å²) in [6, 6.07) is 6.12. The van der Waals surface area contributed by atoms with E-state index in [1.165, 1.54) is 18.2 Å². The van der Waals surface area contributed by atoms with E-state index in [9.17, 15) is 14.0 Å². The van der Waals surface area contributed by atoms with E-state index in [-0.39, 0.29) is 41.9 Å². The van der Waals surface area contributed by atoms with Crippen molar-refractivity contribution in [3.8, 4) is 6.07 Å². The van der Waals surface area contributed by atoms with Gasteiger partial charge in [0.2, 0.25) is 0 Å². The Labute approximate surface area is 165 Å². The van der Waals surface area contributed by atoms with Crippen LogP contribution in [0.3, 0.4) is 0 Å². The molecule has 0 saturated carbocycles. The van der Waals surface area contributed by atoms with Crippen LogP contribution in [-0.2, 0) is 16.0 Å². The monoisotopic (exact) mass is 386 g/mol. The highest BCUT2D eigenvalue weighted by Crippen LogP contribution is 2.38. The summed E-state index contributed by atoms with van der Waals surface area (Å²) in [6.45, 7) is 5.55. The van der Waals surface area contributed by atoms with E-state index in [0.717, 1.165) is 19.3 Å². The van der Waals surface area contributed by atoms with Gasteiger partial charge >= 0.3 is 6.09 Å². The SMILES string of the molecule is CC(C)(C)OC(=O)N1C2CCCC1CC(C(=O)Cc1ccc(C#N)cc1F)C2. The molecule has 0 radical (unpaired) electrons. The molecule has 6 heteroatoms. The molecule has 0 spiro atoms. The summed E-state index contributed by atoms with van der Waals surface area (Å²) < 4.78 is 19.7. The van der Waals surface area contributed by atoms with Gasteiger partial charge in [0.25, 0.3) is 0 Å². The summed E-state index contributed by atoms with van der Waals surface area (Å²) in [6.07, 6.45) is 3.70. The lowest BCUT2D eigenvalue weighted by Gasteiger charge is -2.48. The third-order valence-electron chi connectivity index (χ3n) is 5.58. The summed E-state index contributed by atoms with van der Waals surface area (Å²) in [5, 5.41) is 8.84. The van der Waals surface area contributed by atoms with Crippen molar-refractivity contribution < 1.29 is 18.7 Å². The van der Waals surface area contributed by atoms with Crippen molar-refractivity contribution in [3.63, 3.8) is 0 Å². The molecule has 2 atom stereocenters. The lowest BCUT2D eigenvalue weighted by molar-refractivity contribution is -0.126. The molecule has 1 aromatic rings. The molecule has 1 amide bonds. The molecule has 150 valence electrons. The third-order valence-corrected chi connectivity index (χ3v) is 5.58. The minimum atomic E-state index is -0.550. The molecule has 1 aromatic carbocycles. The van der Waals surface area contributed by atoms with Crippen LogP contribution >= 0.6 is 0 Å². The summed E-state index contributed by atoms with van der Waals surface area (Å²) in [7, 11) is 0. The highest BCUT2D eigenvalue weighted by atomic mass is 19.1. The number of rotatable bonds is 3. The zero-order chi connectivity index (χ0) is 20.5. The smallest absolute Gasteiger partial charge is 0.410 e. The molecule has 0 aliphatic carbocycles. The Morgan fingerprint density at radius 3 is 2.43 bits per heavy atom. The van der Waals surface area contributed by atoms with Crippen molar-refractivity contribution >= 4 is 11.9 Å². The molecule has 0 N–H and O–H groups in total. The number of nitriles is 1. The Kier molecular flexibility index (Phi) is 5.74. The first kappa shape index (κ1) is 20.3. The Balaban J connectivity index is 1.69. The van der Waals surface area contributed by atoms with Crippen LogP contribution in [0.5, 0.6) is 0 Å². The van der Waals surface area contributed by atoms with E-state index in [4.69, 9.17) is 10.00 Å². The molecule has 2 unspecified atom stereocenters. The summed E-state index contributed by atoms with van der Waals surface area (Å²) >= 11 is 0. The van der Waals surface area contributed by atoms with Gasteiger partial charge in [-0.1, -0.05) is 6.07 Å². The molecule has 2 fully saturated rings. The average molecular weight is 386 g/mol. The summed E-state index contributed by atoms with van der Waals surface area (Å²) in [5.74, 6) is -0.688. The normalized spacial score (nSPS) is 24.4. The van der Waals surface area contributed by atoms with Crippen molar-refractivity contribution in [2.24, 2.45) is 5.92 Å². The van der Waals surface area contributed by atoms with Gasteiger partial charge in [0.1, 0.15) is 17.2 Å². The Bertz CT molecular complexity index is 795. The number of halogens is 1. The van der Waals surface area contributed by atoms with Crippen LogP contribution < -0.4 is 0 Å². The maximum atomic E-state index is 14.1. The highest BCUT2D eigenvalue weighted by molar-refractivity contribution is 5.84. The van der Waals surface area contributed by atoms with Gasteiger partial charge in [-0.25, -0.2) is 9.18 Å². The molecule has 2 heterocycles. The van der Waals surface area contributed by atoms with E-state index in [1.54, 1.807) is 0 Å². The van der Waals surface area contributed by atoms with Crippen LogP contribution in [0.1, 0.15) is 64.0 Å². The number of Topliss-reactive ketones (excluding diaryl/α,β-unsaturated/α-hetero) is 1. The maximum Gasteiger partial charge on any atom is 0.410 e. The van der Waals surface area contributed by atoms with Crippen LogP contribution in [0, 0.1) is 23.1 Å². The molecule has 2 aliphatic heterocycles. The second-order valence-corrected chi connectivity index (χ2v) is 8.86. The molecule has 28 heavy (non-hydrogen) atoms. The van der Waals surface area contributed by atoms with Crippen LogP contribution in [0.15, 0.2) is 18.2 Å². The van der Waals surface area contributed by atoms with E-state index >= 15 is 0 Å². The number of hydrogen-bond acceptors (Lipinski definition) is 4. The molecular weight excluding hydrogens is 359 g/mol. The fourth-order valence-electron chi connectivity index (χ4n) is 4.35. The molecular formula is C22H27FN2O3. The van der Waals surface area contributed by atoms with Crippen molar-refractivity contribution in [1.82, 2.24) is 4.90 Å².